The van der Waals surface area contributed by atoms with Crippen molar-refractivity contribution in [2.45, 2.75) is 118 Å². The Labute approximate surface area is 229 Å². The standard InChI is InChI=1S/C36H54O/c1-5-9-11-13-15-23-31(21-7-3)29-33-25-17-19-27-35(33)37-36-28-20-18-26-34(36)30-32(22-8-4)24-16-14-12-10-6-2/h7-8,17-22,25-28,31-32H,5-6,9-16,23-24,29-30H2,1-4H3. The van der Waals surface area contributed by atoms with Crippen molar-refractivity contribution in [3.63, 3.8) is 0 Å². The summed E-state index contributed by atoms with van der Waals surface area (Å²) in [6, 6.07) is 17.3. The lowest BCUT2D eigenvalue weighted by atomic mass is 9.92. The van der Waals surface area contributed by atoms with Gasteiger partial charge in [-0.25, -0.2) is 0 Å². The molecule has 0 aromatic heterocycles. The van der Waals surface area contributed by atoms with E-state index in [1.807, 2.05) is 0 Å². The van der Waals surface area contributed by atoms with Gasteiger partial charge in [-0.2, -0.15) is 0 Å². The molecule has 1 heteroatoms. The zero-order valence-corrected chi connectivity index (χ0v) is 24.4. The lowest BCUT2D eigenvalue weighted by Crippen LogP contribution is -2.05. The van der Waals surface area contributed by atoms with Crippen LogP contribution in [0.5, 0.6) is 11.5 Å². The maximum atomic E-state index is 6.67. The molecular formula is C36H54O. The lowest BCUT2D eigenvalue weighted by Gasteiger charge is -2.19. The maximum Gasteiger partial charge on any atom is 0.130 e. The third kappa shape index (κ3) is 12.7. The second kappa shape index (κ2) is 19.8. The van der Waals surface area contributed by atoms with Gasteiger partial charge >= 0.3 is 0 Å². The summed E-state index contributed by atoms with van der Waals surface area (Å²) in [6.45, 7) is 8.86. The summed E-state index contributed by atoms with van der Waals surface area (Å²) >= 11 is 0. The zero-order valence-electron chi connectivity index (χ0n) is 24.4. The Kier molecular flexibility index (Phi) is 16.5. The van der Waals surface area contributed by atoms with Crippen LogP contribution in [0.3, 0.4) is 0 Å². The Morgan fingerprint density at radius 3 is 1.38 bits per heavy atom. The summed E-state index contributed by atoms with van der Waals surface area (Å²) in [6.07, 6.45) is 27.2. The van der Waals surface area contributed by atoms with E-state index in [-0.39, 0.29) is 0 Å². The molecule has 0 aliphatic rings. The number of hydrogen-bond donors (Lipinski definition) is 0. The summed E-state index contributed by atoms with van der Waals surface area (Å²) in [4.78, 5) is 0. The summed E-state index contributed by atoms with van der Waals surface area (Å²) in [5.74, 6) is 3.16. The molecule has 0 amide bonds. The molecule has 0 bridgehead atoms. The topological polar surface area (TPSA) is 9.23 Å². The molecule has 0 fully saturated rings. The largest absolute Gasteiger partial charge is 0.457 e. The fourth-order valence-electron chi connectivity index (χ4n) is 5.32. The van der Waals surface area contributed by atoms with Gasteiger partial charge in [-0.3, -0.25) is 0 Å². The van der Waals surface area contributed by atoms with Crippen molar-refractivity contribution in [1.29, 1.82) is 0 Å². The number of rotatable bonds is 20. The van der Waals surface area contributed by atoms with E-state index in [2.05, 4.69) is 101 Å². The van der Waals surface area contributed by atoms with Crippen molar-refractivity contribution in [2.24, 2.45) is 11.8 Å². The lowest BCUT2D eigenvalue weighted by molar-refractivity contribution is 0.452. The van der Waals surface area contributed by atoms with Crippen molar-refractivity contribution >= 4 is 0 Å². The Hall–Kier alpha value is -2.28. The van der Waals surface area contributed by atoms with E-state index in [0.717, 1.165) is 24.3 Å². The van der Waals surface area contributed by atoms with Gasteiger partial charge in [-0.15, -0.1) is 0 Å². The van der Waals surface area contributed by atoms with Crippen molar-refractivity contribution in [1.82, 2.24) is 0 Å². The average Bonchev–Trinajstić information content (AvgIpc) is 2.90. The molecule has 37 heavy (non-hydrogen) atoms. The van der Waals surface area contributed by atoms with Gasteiger partial charge in [-0.05, 0) is 74.6 Å². The van der Waals surface area contributed by atoms with Crippen LogP contribution in [-0.2, 0) is 12.8 Å². The zero-order chi connectivity index (χ0) is 26.6. The van der Waals surface area contributed by atoms with Crippen molar-refractivity contribution < 1.29 is 4.74 Å². The molecule has 0 saturated heterocycles. The molecule has 2 aromatic rings. The Morgan fingerprint density at radius 2 is 0.973 bits per heavy atom. The van der Waals surface area contributed by atoms with Crippen LogP contribution in [0.25, 0.3) is 0 Å². The molecule has 0 heterocycles. The van der Waals surface area contributed by atoms with Crippen LogP contribution in [0.1, 0.15) is 116 Å². The Bertz CT molecular complexity index is 820. The molecule has 2 unspecified atom stereocenters. The minimum Gasteiger partial charge on any atom is -0.457 e. The highest BCUT2D eigenvalue weighted by Crippen LogP contribution is 2.32. The van der Waals surface area contributed by atoms with Gasteiger partial charge in [0.1, 0.15) is 11.5 Å². The number of ether oxygens (including phenoxy) is 1. The smallest absolute Gasteiger partial charge is 0.130 e. The molecule has 0 spiro atoms. The summed E-state index contributed by atoms with van der Waals surface area (Å²) in [5.41, 5.74) is 2.63. The van der Waals surface area contributed by atoms with E-state index in [4.69, 9.17) is 4.74 Å². The highest BCUT2D eigenvalue weighted by atomic mass is 16.5. The number of para-hydroxylation sites is 2. The highest BCUT2D eigenvalue weighted by Gasteiger charge is 2.14. The molecule has 0 aliphatic carbocycles. The SMILES string of the molecule is CC=CC(CCCCCCC)Cc1ccccc1Oc1ccccc1CC(C=CC)CCCCCCC. The molecule has 0 N–H and O–H groups in total. The molecule has 0 radical (unpaired) electrons. The molecule has 1 nitrogen and oxygen atoms in total. The normalized spacial score (nSPS) is 13.4. The second-order valence-corrected chi connectivity index (χ2v) is 10.7. The Morgan fingerprint density at radius 1 is 0.568 bits per heavy atom. The second-order valence-electron chi connectivity index (χ2n) is 10.7. The third-order valence-corrected chi connectivity index (χ3v) is 7.42. The van der Waals surface area contributed by atoms with E-state index >= 15 is 0 Å². The van der Waals surface area contributed by atoms with Crippen LogP contribution in [0.4, 0.5) is 0 Å². The number of allylic oxidation sites excluding steroid dienone is 4. The summed E-state index contributed by atoms with van der Waals surface area (Å²) in [5, 5.41) is 0. The Balaban J connectivity index is 2.08. The van der Waals surface area contributed by atoms with Crippen LogP contribution >= 0.6 is 0 Å². The number of unbranched alkanes of at least 4 members (excludes halogenated alkanes) is 8. The van der Waals surface area contributed by atoms with Crippen LogP contribution < -0.4 is 4.74 Å². The minimum atomic E-state index is 0.568. The molecular weight excluding hydrogens is 448 g/mol. The summed E-state index contributed by atoms with van der Waals surface area (Å²) in [7, 11) is 0. The van der Waals surface area contributed by atoms with Crippen LogP contribution in [-0.4, -0.2) is 0 Å². The molecule has 204 valence electrons. The van der Waals surface area contributed by atoms with Gasteiger partial charge in [0.05, 0.1) is 0 Å². The fraction of sp³-hybridized carbons (Fsp3) is 0.556. The number of benzene rings is 2. The quantitative estimate of drug-likeness (QED) is 0.129. The van der Waals surface area contributed by atoms with Gasteiger partial charge in [0.25, 0.3) is 0 Å². The maximum absolute atomic E-state index is 6.67. The van der Waals surface area contributed by atoms with Gasteiger partial charge in [-0.1, -0.05) is 139 Å². The first-order chi connectivity index (χ1) is 18.2. The first-order valence-corrected chi connectivity index (χ1v) is 15.3. The van der Waals surface area contributed by atoms with E-state index in [9.17, 15) is 0 Å². The monoisotopic (exact) mass is 502 g/mol. The van der Waals surface area contributed by atoms with Gasteiger partial charge in [0.15, 0.2) is 0 Å². The molecule has 0 aliphatic heterocycles. The van der Waals surface area contributed by atoms with Crippen molar-refractivity contribution in [3.05, 3.63) is 84.0 Å². The molecule has 0 saturated carbocycles. The molecule has 2 rings (SSSR count). The van der Waals surface area contributed by atoms with E-state index in [0.29, 0.717) is 11.8 Å². The number of hydrogen-bond acceptors (Lipinski definition) is 1. The van der Waals surface area contributed by atoms with E-state index < -0.39 is 0 Å². The first-order valence-electron chi connectivity index (χ1n) is 15.3. The van der Waals surface area contributed by atoms with E-state index in [1.165, 1.54) is 88.2 Å². The van der Waals surface area contributed by atoms with Crippen LogP contribution in [0.15, 0.2) is 72.8 Å². The minimum absolute atomic E-state index is 0.568. The molecule has 2 aromatic carbocycles. The fourth-order valence-corrected chi connectivity index (χ4v) is 5.32. The first kappa shape index (κ1) is 30.9. The molecule has 2 atom stereocenters. The van der Waals surface area contributed by atoms with Gasteiger partial charge in [0, 0.05) is 0 Å². The predicted octanol–water partition coefficient (Wildman–Crippen LogP) is 11.7. The highest BCUT2D eigenvalue weighted by molar-refractivity contribution is 5.42. The van der Waals surface area contributed by atoms with Gasteiger partial charge < -0.3 is 4.74 Å². The third-order valence-electron chi connectivity index (χ3n) is 7.42. The van der Waals surface area contributed by atoms with Crippen LogP contribution in [0.2, 0.25) is 0 Å². The summed E-state index contributed by atoms with van der Waals surface area (Å²) < 4.78 is 6.67. The van der Waals surface area contributed by atoms with E-state index in [1.54, 1.807) is 0 Å². The van der Waals surface area contributed by atoms with Crippen LogP contribution in [0, 0.1) is 11.8 Å². The van der Waals surface area contributed by atoms with Crippen molar-refractivity contribution in [3.8, 4) is 11.5 Å². The predicted molar refractivity (Wildman–Crippen MR) is 164 cm³/mol. The van der Waals surface area contributed by atoms with Crippen molar-refractivity contribution in [2.75, 3.05) is 0 Å². The average molecular weight is 503 g/mol. The van der Waals surface area contributed by atoms with Gasteiger partial charge in [0.2, 0.25) is 0 Å².